The van der Waals surface area contributed by atoms with E-state index < -0.39 is 0 Å². The predicted molar refractivity (Wildman–Crippen MR) is 94.9 cm³/mol. The normalized spacial score (nSPS) is 11.2. The van der Waals surface area contributed by atoms with Crippen LogP contribution in [0.25, 0.3) is 38.3 Å². The van der Waals surface area contributed by atoms with Crippen LogP contribution in [0.5, 0.6) is 0 Å². The van der Waals surface area contributed by atoms with Gasteiger partial charge >= 0.3 is 0 Å². The minimum absolute atomic E-state index is 0.640. The van der Waals surface area contributed by atoms with Crippen molar-refractivity contribution in [3.05, 3.63) is 60.9 Å². The Hall–Kier alpha value is -3.39. The molecule has 0 aliphatic carbocycles. The number of nitrogens with zero attached hydrogens (tertiary/aromatic N) is 6. The molecule has 4 aromatic heterocycles. The van der Waals surface area contributed by atoms with Crippen molar-refractivity contribution in [1.82, 2.24) is 35.0 Å². The van der Waals surface area contributed by atoms with Crippen molar-refractivity contribution in [3.63, 3.8) is 0 Å². The third-order valence-electron chi connectivity index (χ3n) is 3.81. The van der Waals surface area contributed by atoms with Gasteiger partial charge in [0.05, 0.1) is 5.69 Å². The van der Waals surface area contributed by atoms with E-state index in [4.69, 9.17) is 0 Å². The summed E-state index contributed by atoms with van der Waals surface area (Å²) in [7, 11) is 0. The van der Waals surface area contributed by atoms with Crippen molar-refractivity contribution in [2.24, 2.45) is 0 Å². The Morgan fingerprint density at radius 1 is 0.920 bits per heavy atom. The standard InChI is InChI=1S/C17H11N7S/c1-2-4-11(5-3-1)13-10-14(20-19-13)15-21-22-17-24(15)23-16(25-17)12-6-8-18-9-7-12/h1-10H,(H,19,20). The van der Waals surface area contributed by atoms with E-state index in [2.05, 4.69) is 30.5 Å². The molecule has 1 N–H and O–H groups in total. The van der Waals surface area contributed by atoms with Crippen molar-refractivity contribution in [1.29, 1.82) is 0 Å². The molecule has 25 heavy (non-hydrogen) atoms. The zero-order valence-corrected chi connectivity index (χ0v) is 13.7. The second-order valence-electron chi connectivity index (χ2n) is 5.39. The molecule has 0 aliphatic heterocycles. The molecule has 5 aromatic rings. The Balaban J connectivity index is 1.58. The van der Waals surface area contributed by atoms with E-state index in [-0.39, 0.29) is 0 Å². The maximum Gasteiger partial charge on any atom is 0.235 e. The van der Waals surface area contributed by atoms with Crippen molar-refractivity contribution >= 4 is 16.3 Å². The van der Waals surface area contributed by atoms with E-state index >= 15 is 0 Å². The Kier molecular flexibility index (Phi) is 3.14. The van der Waals surface area contributed by atoms with Gasteiger partial charge in [0.2, 0.25) is 10.8 Å². The van der Waals surface area contributed by atoms with Gasteiger partial charge < -0.3 is 0 Å². The average molecular weight is 345 g/mol. The summed E-state index contributed by atoms with van der Waals surface area (Å²) in [5.41, 5.74) is 3.68. The number of hydrogen-bond donors (Lipinski definition) is 1. The first-order valence-electron chi connectivity index (χ1n) is 7.62. The first kappa shape index (κ1) is 14.0. The van der Waals surface area contributed by atoms with Crippen LogP contribution in [0.3, 0.4) is 0 Å². The summed E-state index contributed by atoms with van der Waals surface area (Å²) in [6.07, 6.45) is 3.50. The van der Waals surface area contributed by atoms with Gasteiger partial charge in [0.15, 0.2) is 0 Å². The first-order chi connectivity index (χ1) is 12.4. The highest BCUT2D eigenvalue weighted by molar-refractivity contribution is 7.19. The maximum atomic E-state index is 4.64. The van der Waals surface area contributed by atoms with Gasteiger partial charge in [0.25, 0.3) is 0 Å². The third-order valence-corrected chi connectivity index (χ3v) is 4.75. The fraction of sp³-hybridized carbons (Fsp3) is 0. The topological polar surface area (TPSA) is 84.6 Å². The predicted octanol–water partition coefficient (Wildman–Crippen LogP) is 3.30. The number of H-pyrrole nitrogens is 1. The van der Waals surface area contributed by atoms with Crippen LogP contribution in [0.4, 0.5) is 0 Å². The molecule has 8 heteroatoms. The molecule has 7 nitrogen and oxygen atoms in total. The molecule has 0 saturated carbocycles. The number of aromatic nitrogens is 7. The fourth-order valence-electron chi connectivity index (χ4n) is 2.59. The zero-order chi connectivity index (χ0) is 16.6. The largest absolute Gasteiger partial charge is 0.274 e. The van der Waals surface area contributed by atoms with Crippen LogP contribution in [0.15, 0.2) is 60.9 Å². The number of pyridine rings is 1. The summed E-state index contributed by atoms with van der Waals surface area (Å²) < 4.78 is 1.74. The fourth-order valence-corrected chi connectivity index (χ4v) is 3.43. The van der Waals surface area contributed by atoms with E-state index in [0.717, 1.165) is 32.5 Å². The molecule has 4 heterocycles. The number of benzene rings is 1. The lowest BCUT2D eigenvalue weighted by atomic mass is 10.1. The first-order valence-corrected chi connectivity index (χ1v) is 8.44. The van der Waals surface area contributed by atoms with E-state index in [0.29, 0.717) is 5.82 Å². The quantitative estimate of drug-likeness (QED) is 0.542. The van der Waals surface area contributed by atoms with Crippen LogP contribution in [0.2, 0.25) is 0 Å². The number of fused-ring (bicyclic) bond motifs is 1. The number of aromatic amines is 1. The van der Waals surface area contributed by atoms with Gasteiger partial charge in [-0.15, -0.1) is 10.2 Å². The molecular weight excluding hydrogens is 334 g/mol. The van der Waals surface area contributed by atoms with Crippen molar-refractivity contribution in [2.45, 2.75) is 0 Å². The molecule has 0 fully saturated rings. The Labute approximate surface area is 146 Å². The van der Waals surface area contributed by atoms with Gasteiger partial charge in [-0.05, 0) is 18.2 Å². The molecule has 0 aliphatic rings. The van der Waals surface area contributed by atoms with Gasteiger partial charge in [-0.1, -0.05) is 41.7 Å². The molecule has 0 spiro atoms. The summed E-state index contributed by atoms with van der Waals surface area (Å²) in [6, 6.07) is 15.8. The molecule has 1 aromatic carbocycles. The molecule has 0 saturated heterocycles. The van der Waals surface area contributed by atoms with Gasteiger partial charge in [0.1, 0.15) is 10.7 Å². The van der Waals surface area contributed by atoms with Gasteiger partial charge in [-0.25, -0.2) is 0 Å². The molecule has 0 bridgehead atoms. The van der Waals surface area contributed by atoms with Crippen LogP contribution in [-0.2, 0) is 0 Å². The Bertz CT molecular complexity index is 1140. The minimum Gasteiger partial charge on any atom is -0.274 e. The second-order valence-corrected chi connectivity index (χ2v) is 6.35. The average Bonchev–Trinajstić information content (AvgIpc) is 3.38. The van der Waals surface area contributed by atoms with Crippen LogP contribution < -0.4 is 0 Å². The zero-order valence-electron chi connectivity index (χ0n) is 12.9. The summed E-state index contributed by atoms with van der Waals surface area (Å²) in [5.74, 6) is 0.640. The number of rotatable bonds is 3. The van der Waals surface area contributed by atoms with Gasteiger partial charge in [-0.3, -0.25) is 10.1 Å². The number of nitrogens with one attached hydrogen (secondary N) is 1. The third kappa shape index (κ3) is 2.39. The van der Waals surface area contributed by atoms with E-state index in [1.165, 1.54) is 11.3 Å². The molecule has 0 unspecified atom stereocenters. The summed E-state index contributed by atoms with van der Waals surface area (Å²) in [6.45, 7) is 0. The molecule has 120 valence electrons. The van der Waals surface area contributed by atoms with E-state index in [9.17, 15) is 0 Å². The van der Waals surface area contributed by atoms with Crippen molar-refractivity contribution in [3.8, 4) is 33.3 Å². The minimum atomic E-state index is 0.640. The molecule has 5 rings (SSSR count). The van der Waals surface area contributed by atoms with Crippen LogP contribution >= 0.6 is 11.3 Å². The molecule has 0 atom stereocenters. The lowest BCUT2D eigenvalue weighted by Gasteiger charge is -1.93. The van der Waals surface area contributed by atoms with E-state index in [1.807, 2.05) is 48.5 Å². The highest BCUT2D eigenvalue weighted by Gasteiger charge is 2.16. The summed E-state index contributed by atoms with van der Waals surface area (Å²) in [5, 5.41) is 21.4. The van der Waals surface area contributed by atoms with Gasteiger partial charge in [0, 0.05) is 23.5 Å². The lowest BCUT2D eigenvalue weighted by molar-refractivity contribution is 0.954. The smallest absolute Gasteiger partial charge is 0.235 e. The highest BCUT2D eigenvalue weighted by atomic mass is 32.1. The van der Waals surface area contributed by atoms with Crippen LogP contribution in [-0.4, -0.2) is 35.0 Å². The SMILES string of the molecule is c1ccc(-c2cc(-c3nnc4sc(-c5ccncc5)nn34)[nH]n2)cc1. The van der Waals surface area contributed by atoms with Crippen LogP contribution in [0, 0.1) is 0 Å². The van der Waals surface area contributed by atoms with E-state index in [1.54, 1.807) is 16.9 Å². The molecule has 0 amide bonds. The highest BCUT2D eigenvalue weighted by Crippen LogP contribution is 2.28. The van der Waals surface area contributed by atoms with Crippen molar-refractivity contribution in [2.75, 3.05) is 0 Å². The van der Waals surface area contributed by atoms with Crippen molar-refractivity contribution < 1.29 is 0 Å². The Morgan fingerprint density at radius 3 is 2.60 bits per heavy atom. The summed E-state index contributed by atoms with van der Waals surface area (Å²) >= 11 is 1.49. The Morgan fingerprint density at radius 2 is 1.76 bits per heavy atom. The van der Waals surface area contributed by atoms with Gasteiger partial charge in [-0.2, -0.15) is 14.7 Å². The molecule has 0 radical (unpaired) electrons. The number of hydrogen-bond acceptors (Lipinski definition) is 6. The molecular formula is C17H11N7S. The summed E-state index contributed by atoms with van der Waals surface area (Å²) in [4.78, 5) is 4.77. The second kappa shape index (κ2) is 5.60. The maximum absolute atomic E-state index is 4.64. The lowest BCUT2D eigenvalue weighted by Crippen LogP contribution is -1.91. The van der Waals surface area contributed by atoms with Crippen LogP contribution in [0.1, 0.15) is 0 Å². The monoisotopic (exact) mass is 345 g/mol.